The average molecular weight is 1750 g/mol. The van der Waals surface area contributed by atoms with Gasteiger partial charge in [-0.05, 0) is 146 Å². The number of hydrogen-bond donors (Lipinski definition) is 10. The number of nitrogens with one attached hydrogen (secondary N) is 6. The highest BCUT2D eigenvalue weighted by molar-refractivity contribution is 5.89. The molecule has 0 saturated heterocycles. The van der Waals surface area contributed by atoms with Crippen LogP contribution in [-0.4, -0.2) is 267 Å². The lowest BCUT2D eigenvalue weighted by molar-refractivity contribution is -0.144. The maximum absolute atomic E-state index is 12.4. The van der Waals surface area contributed by atoms with Crippen LogP contribution in [0.4, 0.5) is 0 Å². The standard InChI is InChI=1S/C50H82N4O15.C39H62N2O13/c1-4-15-43(51-3)45(57)26-21-39(38(2)55)16-11-12-27-52-47(59)36-68-35-33-66-31-28-53-48(60)37-67-34-32-65-29-14-17-41(56)22-25-44(50(63)64)54-46(58)18-10-8-6-5-7-9-13-30-69-42-23-19-40(20-24-42)49(61)62;1-2-19-40-37(45)30-53-27-24-50-21-10-12-34(43)29-52-26-25-51-23-20-41-36(44)18-15-32(39(48)49)28-33(42)11-8-6-4-3-5-7-9-22-54-35-16-13-31(14-17-35)38(46)47/h19-20,23-24,39,43-44,51H,4-18,21-22,25-37H2,1-3H3,(H,52,59)(H,53,60)(H,54,58)(H,61,62)(H,63,64);13-14,16-17,32H,2-12,15,18-30H2,1H3,(H,40,45)(H,41,44)(H,46,47)(H,48,49)/t39-,43+,44+;32-/m11/s1. The van der Waals surface area contributed by atoms with Crippen molar-refractivity contribution in [1.29, 1.82) is 0 Å². The molecule has 0 saturated carbocycles. The number of amides is 5. The molecule has 34 heteroatoms. The summed E-state index contributed by atoms with van der Waals surface area (Å²) in [6, 6.07) is 11.3. The minimum absolute atomic E-state index is 0.000107. The van der Waals surface area contributed by atoms with E-state index >= 15 is 0 Å². The van der Waals surface area contributed by atoms with Crippen LogP contribution >= 0.6 is 0 Å². The van der Waals surface area contributed by atoms with E-state index in [1.54, 1.807) is 38.2 Å². The summed E-state index contributed by atoms with van der Waals surface area (Å²) < 4.78 is 54.2. The Bertz CT molecular complexity index is 3250. The molecule has 0 aliphatic heterocycles. The number of ketones is 5. The van der Waals surface area contributed by atoms with Gasteiger partial charge in [-0.2, -0.15) is 0 Å². The van der Waals surface area contributed by atoms with Crippen LogP contribution in [0.15, 0.2) is 48.5 Å². The Kier molecular flexibility index (Phi) is 70.2. The Morgan fingerprint density at radius 1 is 0.317 bits per heavy atom. The second kappa shape index (κ2) is 76.9. The number of aliphatic carboxylic acids is 2. The number of Topliss-reactive ketones (excluding diaryl/α,β-unsaturated/α-hetero) is 5. The summed E-state index contributed by atoms with van der Waals surface area (Å²) in [5.41, 5.74) is 0.437. The number of benzene rings is 2. The first kappa shape index (κ1) is 112. The lowest BCUT2D eigenvalue weighted by atomic mass is 9.90. The number of rotatable bonds is 84. The van der Waals surface area contributed by atoms with Crippen molar-refractivity contribution < 1.29 is 135 Å². The van der Waals surface area contributed by atoms with Gasteiger partial charge in [0.2, 0.25) is 29.5 Å². The molecule has 698 valence electrons. The number of carbonyl (C=O) groups is 14. The smallest absolute Gasteiger partial charge is 0.335 e. The molecule has 2 aromatic carbocycles. The monoisotopic (exact) mass is 1750 g/mol. The third-order valence-electron chi connectivity index (χ3n) is 19.4. The van der Waals surface area contributed by atoms with E-state index in [0.29, 0.717) is 128 Å². The molecule has 4 atom stereocenters. The molecule has 0 radical (unpaired) electrons. The molecule has 10 N–H and O–H groups in total. The summed E-state index contributed by atoms with van der Waals surface area (Å²) in [5, 5.41) is 53.4. The van der Waals surface area contributed by atoms with Crippen LogP contribution in [0.5, 0.6) is 11.5 Å². The van der Waals surface area contributed by atoms with Gasteiger partial charge < -0.3 is 99.7 Å². The Hall–Kier alpha value is -8.74. The SMILES string of the molecule is CCCNC(=O)COCCOCCCC(=O)COCCOCCNC(=O)CC[C@H](CC(=O)CCCCCCCCCOc1ccc(C(=O)O)cc1)C(=O)O.CCC[C@H](NC)C(=O)CC[C@@H](CCCCNC(=O)COCCOCCNC(=O)COCCOCCCC(=O)CC[C@H](NC(=O)CCCCCCCCCOc1ccc(C(=O)O)cc1)C(=O)O)C(C)=O. The van der Waals surface area contributed by atoms with Crippen molar-refractivity contribution in [3.63, 3.8) is 0 Å². The lowest BCUT2D eigenvalue weighted by Crippen LogP contribution is -2.41. The largest absolute Gasteiger partial charge is 0.494 e. The number of ether oxygens (including phenoxy) is 10. The van der Waals surface area contributed by atoms with E-state index in [1.165, 1.54) is 24.3 Å². The number of hydrogen-bond acceptors (Lipinski definition) is 25. The number of unbranched alkanes of at least 4 members (excludes halogenated alkanes) is 13. The molecule has 0 aliphatic rings. The first-order valence-corrected chi connectivity index (χ1v) is 44.0. The molecule has 0 aliphatic carbocycles. The molecule has 0 spiro atoms. The number of likely N-dealkylation sites (N-methyl/N-ethyl adjacent to an activating group) is 1. The molecule has 0 bridgehead atoms. The first-order chi connectivity index (χ1) is 59.4. The Morgan fingerprint density at radius 2 is 0.740 bits per heavy atom. The second-order valence-electron chi connectivity index (χ2n) is 29.9. The average Bonchev–Trinajstić information content (AvgIpc) is 0.905. The van der Waals surface area contributed by atoms with Crippen molar-refractivity contribution in [2.45, 2.75) is 245 Å². The molecule has 0 heterocycles. The molecule has 2 aromatic rings. The zero-order valence-electron chi connectivity index (χ0n) is 73.4. The number of carboxylic acids is 4. The van der Waals surface area contributed by atoms with Gasteiger partial charge in [0.25, 0.3) is 0 Å². The maximum atomic E-state index is 12.4. The third kappa shape index (κ3) is 66.4. The summed E-state index contributed by atoms with van der Waals surface area (Å²) in [5.74, 6) is -5.43. The molecule has 0 fully saturated rings. The van der Waals surface area contributed by atoms with Gasteiger partial charge in [0.1, 0.15) is 67.1 Å². The molecule has 2 rings (SSSR count). The fourth-order valence-corrected chi connectivity index (χ4v) is 12.2. The van der Waals surface area contributed by atoms with Gasteiger partial charge in [-0.1, -0.05) is 90.9 Å². The van der Waals surface area contributed by atoms with Crippen LogP contribution in [-0.2, 0) is 95.4 Å². The predicted octanol–water partition coefficient (Wildman–Crippen LogP) is 9.38. The van der Waals surface area contributed by atoms with Crippen LogP contribution in [0, 0.1) is 11.8 Å². The summed E-state index contributed by atoms with van der Waals surface area (Å²) in [6.45, 7) is 11.1. The molecule has 0 unspecified atom stereocenters. The summed E-state index contributed by atoms with van der Waals surface area (Å²) in [7, 11) is 1.78. The highest BCUT2D eigenvalue weighted by atomic mass is 16.5. The Labute approximate surface area is 725 Å². The van der Waals surface area contributed by atoms with Crippen molar-refractivity contribution in [2.24, 2.45) is 11.8 Å². The molecule has 123 heavy (non-hydrogen) atoms. The maximum Gasteiger partial charge on any atom is 0.335 e. The zero-order valence-corrected chi connectivity index (χ0v) is 73.4. The Morgan fingerprint density at radius 3 is 1.20 bits per heavy atom. The van der Waals surface area contributed by atoms with Gasteiger partial charge in [-0.25, -0.2) is 14.4 Å². The van der Waals surface area contributed by atoms with Crippen molar-refractivity contribution in [3.05, 3.63) is 59.7 Å². The van der Waals surface area contributed by atoms with Crippen molar-refractivity contribution in [3.8, 4) is 11.5 Å². The predicted molar refractivity (Wildman–Crippen MR) is 458 cm³/mol. The highest BCUT2D eigenvalue weighted by Crippen LogP contribution is 2.21. The van der Waals surface area contributed by atoms with E-state index < -0.39 is 35.8 Å². The van der Waals surface area contributed by atoms with E-state index in [1.807, 2.05) is 13.8 Å². The van der Waals surface area contributed by atoms with E-state index in [-0.39, 0.29) is 219 Å². The van der Waals surface area contributed by atoms with Gasteiger partial charge in [-0.15, -0.1) is 0 Å². The number of carbonyl (C=O) groups excluding carboxylic acids is 10. The van der Waals surface area contributed by atoms with Crippen LogP contribution in [0.25, 0.3) is 0 Å². The number of aromatic carboxylic acids is 2. The second-order valence-corrected chi connectivity index (χ2v) is 29.9. The van der Waals surface area contributed by atoms with E-state index in [2.05, 4.69) is 31.9 Å². The van der Waals surface area contributed by atoms with Crippen molar-refractivity contribution in [1.82, 2.24) is 31.9 Å². The van der Waals surface area contributed by atoms with E-state index in [0.717, 1.165) is 103 Å². The molecular weight excluding hydrogens is 1600 g/mol. The van der Waals surface area contributed by atoms with Crippen LogP contribution in [0.3, 0.4) is 0 Å². The fourth-order valence-electron chi connectivity index (χ4n) is 12.2. The number of carboxylic acid groups (broad SMARTS) is 4. The lowest BCUT2D eigenvalue weighted by Gasteiger charge is -2.17. The van der Waals surface area contributed by atoms with Gasteiger partial charge in [0.15, 0.2) is 5.78 Å². The fraction of sp³-hybridized carbons (Fsp3) is 0.708. The summed E-state index contributed by atoms with van der Waals surface area (Å²) in [4.78, 5) is 166. The van der Waals surface area contributed by atoms with Crippen molar-refractivity contribution >= 4 is 82.3 Å². The zero-order chi connectivity index (χ0) is 90.6. The topological polar surface area (TPSA) is 484 Å². The highest BCUT2D eigenvalue weighted by Gasteiger charge is 2.25. The van der Waals surface area contributed by atoms with Crippen LogP contribution < -0.4 is 41.4 Å². The van der Waals surface area contributed by atoms with Crippen molar-refractivity contribution in [2.75, 3.05) is 152 Å². The summed E-state index contributed by atoms with van der Waals surface area (Å²) >= 11 is 0. The van der Waals surface area contributed by atoms with E-state index in [4.69, 9.17) is 57.6 Å². The molecule has 34 nitrogen and oxygen atoms in total. The van der Waals surface area contributed by atoms with Gasteiger partial charge in [-0.3, -0.25) is 52.7 Å². The third-order valence-corrected chi connectivity index (χ3v) is 19.4. The molecular formula is C89H144N6O28. The van der Waals surface area contributed by atoms with Gasteiger partial charge in [0, 0.05) is 96.7 Å². The van der Waals surface area contributed by atoms with Crippen LogP contribution in [0.1, 0.15) is 253 Å². The first-order valence-electron chi connectivity index (χ1n) is 44.0. The normalized spacial score (nSPS) is 12.0. The van der Waals surface area contributed by atoms with Crippen LogP contribution in [0.2, 0.25) is 0 Å². The molecule has 0 aromatic heterocycles. The minimum Gasteiger partial charge on any atom is -0.494 e. The Balaban J connectivity index is 0.00000127. The summed E-state index contributed by atoms with van der Waals surface area (Å²) in [6.07, 6.45) is 20.6. The molecule has 5 amide bonds. The quantitative estimate of drug-likeness (QED) is 0.0275. The van der Waals surface area contributed by atoms with Gasteiger partial charge >= 0.3 is 23.9 Å². The van der Waals surface area contributed by atoms with E-state index in [9.17, 15) is 77.3 Å². The minimum atomic E-state index is -1.18. The van der Waals surface area contributed by atoms with Gasteiger partial charge in [0.05, 0.1) is 102 Å².